The fourth-order valence-corrected chi connectivity index (χ4v) is 6.37. The van der Waals surface area contributed by atoms with Crippen LogP contribution in [0.3, 0.4) is 0 Å². The fraction of sp³-hybridized carbons (Fsp3) is 0.441. The first-order chi connectivity index (χ1) is 20.4. The van der Waals surface area contributed by atoms with Crippen LogP contribution in [0, 0.1) is 13.8 Å². The zero-order valence-electron chi connectivity index (χ0n) is 25.8. The Morgan fingerprint density at radius 2 is 1.49 bits per heavy atom. The van der Waals surface area contributed by atoms with Gasteiger partial charge in [-0.15, -0.1) is 0 Å². The standard InChI is InChI=1S/C34H41N3O6/c1-21-28(30(31(38)39)22(2)35(21)6)19-37(23-15-17-36(18-16-23)32(40)43-34(3,4)5)33(41)42-20-29-26-13-9-7-11-24(26)25-12-8-10-14-27(25)29/h7-14,23,29H,15-20H2,1-6H3,(H,38,39). The van der Waals surface area contributed by atoms with Crippen LogP contribution in [0.5, 0.6) is 0 Å². The zero-order chi connectivity index (χ0) is 31.1. The van der Waals surface area contributed by atoms with E-state index in [0.29, 0.717) is 37.2 Å². The van der Waals surface area contributed by atoms with Gasteiger partial charge in [0.2, 0.25) is 0 Å². The van der Waals surface area contributed by atoms with E-state index in [4.69, 9.17) is 9.47 Å². The first kappa shape index (κ1) is 30.2. The van der Waals surface area contributed by atoms with E-state index in [-0.39, 0.29) is 36.8 Å². The van der Waals surface area contributed by atoms with Gasteiger partial charge in [-0.3, -0.25) is 0 Å². The maximum Gasteiger partial charge on any atom is 0.410 e. The van der Waals surface area contributed by atoms with Crippen molar-refractivity contribution in [3.8, 4) is 11.1 Å². The van der Waals surface area contributed by atoms with Crippen LogP contribution in [-0.4, -0.2) is 69.0 Å². The number of carbonyl (C=O) groups excluding carboxylic acids is 2. The Labute approximate surface area is 253 Å². The van der Waals surface area contributed by atoms with Crippen LogP contribution >= 0.6 is 0 Å². The molecule has 0 unspecified atom stereocenters. The number of nitrogens with zero attached hydrogens (tertiary/aromatic N) is 3. The first-order valence-corrected chi connectivity index (χ1v) is 14.8. The van der Waals surface area contributed by atoms with E-state index in [9.17, 15) is 19.5 Å². The number of hydrogen-bond donors (Lipinski definition) is 1. The summed E-state index contributed by atoms with van der Waals surface area (Å²) < 4.78 is 13.5. The van der Waals surface area contributed by atoms with Crippen LogP contribution in [0.4, 0.5) is 9.59 Å². The number of aromatic nitrogens is 1. The second kappa shape index (κ2) is 11.8. The van der Waals surface area contributed by atoms with Gasteiger partial charge in [0.25, 0.3) is 0 Å². The predicted octanol–water partition coefficient (Wildman–Crippen LogP) is 6.49. The molecule has 228 valence electrons. The number of amides is 2. The maximum absolute atomic E-state index is 14.0. The molecule has 1 aromatic heterocycles. The van der Waals surface area contributed by atoms with Crippen LogP contribution in [0.2, 0.25) is 0 Å². The molecule has 2 amide bonds. The second-order valence-corrected chi connectivity index (χ2v) is 12.5. The van der Waals surface area contributed by atoms with Crippen molar-refractivity contribution in [3.63, 3.8) is 0 Å². The number of ether oxygens (including phenoxy) is 2. The summed E-state index contributed by atoms with van der Waals surface area (Å²) in [7, 11) is 1.83. The summed E-state index contributed by atoms with van der Waals surface area (Å²) >= 11 is 0. The molecule has 5 rings (SSSR count). The van der Waals surface area contributed by atoms with Gasteiger partial charge in [0.05, 0.1) is 12.1 Å². The number of carbonyl (C=O) groups is 3. The summed E-state index contributed by atoms with van der Waals surface area (Å²) in [5, 5.41) is 10.1. The van der Waals surface area contributed by atoms with Gasteiger partial charge in [0, 0.05) is 49.0 Å². The SMILES string of the molecule is Cc1c(CN(C(=O)OCC2c3ccccc3-c3ccccc32)C2CCN(C(=O)OC(C)(C)C)CC2)c(C(=O)O)c(C)n1C. The summed E-state index contributed by atoms with van der Waals surface area (Å²) in [5.74, 6) is -1.12. The molecule has 9 nitrogen and oxygen atoms in total. The van der Waals surface area contributed by atoms with E-state index in [2.05, 4.69) is 24.3 Å². The van der Waals surface area contributed by atoms with Crippen molar-refractivity contribution >= 4 is 18.2 Å². The molecule has 1 saturated heterocycles. The Morgan fingerprint density at radius 3 is 2.02 bits per heavy atom. The highest BCUT2D eigenvalue weighted by molar-refractivity contribution is 5.91. The van der Waals surface area contributed by atoms with Crippen molar-refractivity contribution in [2.24, 2.45) is 7.05 Å². The number of fused-ring (bicyclic) bond motifs is 3. The van der Waals surface area contributed by atoms with Gasteiger partial charge in [0.15, 0.2) is 0 Å². The van der Waals surface area contributed by atoms with E-state index in [0.717, 1.165) is 27.9 Å². The lowest BCUT2D eigenvalue weighted by molar-refractivity contribution is 0.0128. The van der Waals surface area contributed by atoms with Gasteiger partial charge in [0.1, 0.15) is 12.2 Å². The van der Waals surface area contributed by atoms with Crippen LogP contribution in [0.1, 0.15) is 78.0 Å². The lowest BCUT2D eigenvalue weighted by Crippen LogP contribution is -2.49. The summed E-state index contributed by atoms with van der Waals surface area (Å²) in [5.41, 5.74) is 6.16. The number of carboxylic acids is 1. The topological polar surface area (TPSA) is 101 Å². The third-order valence-corrected chi connectivity index (χ3v) is 8.78. The molecule has 0 bridgehead atoms. The number of hydrogen-bond acceptors (Lipinski definition) is 5. The molecule has 43 heavy (non-hydrogen) atoms. The Bertz CT molecular complexity index is 1500. The van der Waals surface area contributed by atoms with Crippen LogP contribution < -0.4 is 0 Å². The minimum absolute atomic E-state index is 0.0949. The van der Waals surface area contributed by atoms with Gasteiger partial charge in [-0.25, -0.2) is 14.4 Å². The Balaban J connectivity index is 1.39. The molecule has 2 aliphatic rings. The predicted molar refractivity (Wildman–Crippen MR) is 163 cm³/mol. The minimum atomic E-state index is -1.02. The monoisotopic (exact) mass is 587 g/mol. The maximum atomic E-state index is 14.0. The smallest absolute Gasteiger partial charge is 0.410 e. The molecule has 0 radical (unpaired) electrons. The average molecular weight is 588 g/mol. The summed E-state index contributed by atoms with van der Waals surface area (Å²) in [4.78, 5) is 42.3. The summed E-state index contributed by atoms with van der Waals surface area (Å²) in [6.07, 6.45) is 0.184. The molecule has 1 aliphatic heterocycles. The fourth-order valence-electron chi connectivity index (χ4n) is 6.37. The molecule has 9 heteroatoms. The van der Waals surface area contributed by atoms with Gasteiger partial charge in [-0.05, 0) is 69.7 Å². The molecule has 0 spiro atoms. The molecule has 3 aromatic rings. The third-order valence-electron chi connectivity index (χ3n) is 8.78. The molecule has 2 heterocycles. The van der Waals surface area contributed by atoms with Crippen molar-refractivity contribution < 1.29 is 29.0 Å². The van der Waals surface area contributed by atoms with Gasteiger partial charge in [-0.2, -0.15) is 0 Å². The van der Waals surface area contributed by atoms with Crippen molar-refractivity contribution in [2.45, 2.75) is 71.6 Å². The van der Waals surface area contributed by atoms with E-state index < -0.39 is 17.7 Å². The van der Waals surface area contributed by atoms with Gasteiger partial charge in [-0.1, -0.05) is 48.5 Å². The number of carboxylic acid groups (broad SMARTS) is 1. The second-order valence-electron chi connectivity index (χ2n) is 12.5. The van der Waals surface area contributed by atoms with Crippen molar-refractivity contribution in [2.75, 3.05) is 19.7 Å². The molecule has 1 fully saturated rings. The number of rotatable bonds is 6. The first-order valence-electron chi connectivity index (χ1n) is 14.8. The average Bonchev–Trinajstić information content (AvgIpc) is 3.40. The number of piperidine rings is 1. The Kier molecular flexibility index (Phi) is 8.27. The van der Waals surface area contributed by atoms with Crippen molar-refractivity contribution in [1.82, 2.24) is 14.4 Å². The van der Waals surface area contributed by atoms with E-state index in [1.54, 1.807) is 16.7 Å². The van der Waals surface area contributed by atoms with E-state index in [1.165, 1.54) is 0 Å². The highest BCUT2D eigenvalue weighted by Crippen LogP contribution is 2.44. The molecule has 2 aromatic carbocycles. The molecular formula is C34H41N3O6. The molecule has 0 saturated carbocycles. The normalized spacial score (nSPS) is 15.2. The largest absolute Gasteiger partial charge is 0.478 e. The summed E-state index contributed by atoms with van der Waals surface area (Å²) in [6.45, 7) is 10.3. The van der Waals surface area contributed by atoms with Crippen LogP contribution in [0.15, 0.2) is 48.5 Å². The van der Waals surface area contributed by atoms with E-state index in [1.807, 2.05) is 63.6 Å². The molecule has 1 aliphatic carbocycles. The Hall–Kier alpha value is -4.27. The van der Waals surface area contributed by atoms with Crippen molar-refractivity contribution in [1.29, 1.82) is 0 Å². The van der Waals surface area contributed by atoms with Gasteiger partial charge >= 0.3 is 18.2 Å². The van der Waals surface area contributed by atoms with Gasteiger partial charge < -0.3 is 28.9 Å². The van der Waals surface area contributed by atoms with Crippen LogP contribution in [-0.2, 0) is 23.1 Å². The Morgan fingerprint density at radius 1 is 0.930 bits per heavy atom. The van der Waals surface area contributed by atoms with Crippen LogP contribution in [0.25, 0.3) is 11.1 Å². The lowest BCUT2D eigenvalue weighted by Gasteiger charge is -2.38. The minimum Gasteiger partial charge on any atom is -0.478 e. The quantitative estimate of drug-likeness (QED) is 0.354. The number of likely N-dealkylation sites (tertiary alicyclic amines) is 1. The lowest BCUT2D eigenvalue weighted by atomic mass is 9.98. The summed E-state index contributed by atoms with van der Waals surface area (Å²) in [6, 6.07) is 16.1. The zero-order valence-corrected chi connectivity index (χ0v) is 25.8. The molecular weight excluding hydrogens is 546 g/mol. The highest BCUT2D eigenvalue weighted by Gasteiger charge is 2.36. The third kappa shape index (κ3) is 5.98. The van der Waals surface area contributed by atoms with Crippen molar-refractivity contribution in [3.05, 3.63) is 82.2 Å². The van der Waals surface area contributed by atoms with E-state index >= 15 is 0 Å². The number of aromatic carboxylic acids is 1. The highest BCUT2D eigenvalue weighted by atomic mass is 16.6. The molecule has 1 N–H and O–H groups in total. The number of benzene rings is 2. The molecule has 0 atom stereocenters.